The van der Waals surface area contributed by atoms with E-state index in [1.807, 2.05) is 0 Å². The van der Waals surface area contributed by atoms with Gasteiger partial charge >= 0.3 is 196 Å². The van der Waals surface area contributed by atoms with Gasteiger partial charge < -0.3 is 0 Å². The van der Waals surface area contributed by atoms with Gasteiger partial charge in [0.05, 0.1) is 0 Å². The Hall–Kier alpha value is -1.06. The van der Waals surface area contributed by atoms with E-state index in [4.69, 9.17) is 15.0 Å². The van der Waals surface area contributed by atoms with Gasteiger partial charge in [-0.3, -0.25) is 0 Å². The number of benzene rings is 2. The monoisotopic (exact) mass is 485 g/mol. The molecule has 3 heteroatoms. The third-order valence-corrected chi connectivity index (χ3v) is 8.16. The van der Waals surface area contributed by atoms with Crippen molar-refractivity contribution < 1.29 is 0 Å². The standard InChI is InChI=1S/C27H38ClGeN/c1-17(2)21-12-11-13-22(18(3)4)25(21)30-16-19-14-20(26(5,6)7)15-23(24(19)29-28)27(8,9)10/h11-18H,1-10H3. The maximum atomic E-state index is 6.62. The zero-order valence-electron chi connectivity index (χ0n) is 20.4. The van der Waals surface area contributed by atoms with Crippen LogP contribution in [-0.4, -0.2) is 20.7 Å². The van der Waals surface area contributed by atoms with Crippen molar-refractivity contribution in [2.24, 2.45) is 4.99 Å². The van der Waals surface area contributed by atoms with Gasteiger partial charge in [0, 0.05) is 0 Å². The van der Waals surface area contributed by atoms with Gasteiger partial charge in [0.2, 0.25) is 0 Å². The SMILES string of the molecule is CC(C)c1cccc(C(C)C)c1N=Cc1cc(C(C)(C)C)cc(C(C)(C)C)[c]1[Ge][Cl]. The Kier molecular flexibility index (Phi) is 8.07. The molecule has 0 spiro atoms. The van der Waals surface area contributed by atoms with Gasteiger partial charge in [0.25, 0.3) is 0 Å². The fraction of sp³-hybridized carbons (Fsp3) is 0.519. The molecule has 0 aromatic heterocycles. The quantitative estimate of drug-likeness (QED) is 0.304. The minimum atomic E-state index is -0.740. The van der Waals surface area contributed by atoms with Crippen molar-refractivity contribution in [3.63, 3.8) is 0 Å². The van der Waals surface area contributed by atoms with E-state index in [9.17, 15) is 0 Å². The molecule has 0 amide bonds. The molecule has 0 aliphatic rings. The first-order valence-electron chi connectivity index (χ1n) is 11.0. The summed E-state index contributed by atoms with van der Waals surface area (Å²) < 4.78 is 1.31. The second-order valence-corrected chi connectivity index (χ2v) is 13.4. The first-order chi connectivity index (χ1) is 13.8. The van der Waals surface area contributed by atoms with E-state index in [1.165, 1.54) is 32.2 Å². The molecule has 0 fully saturated rings. The number of halogens is 1. The van der Waals surface area contributed by atoms with Crippen molar-refractivity contribution in [2.45, 2.75) is 91.9 Å². The molecule has 0 aliphatic heterocycles. The van der Waals surface area contributed by atoms with Crippen molar-refractivity contribution in [1.82, 2.24) is 0 Å². The van der Waals surface area contributed by atoms with Crippen LogP contribution < -0.4 is 4.40 Å². The zero-order chi connectivity index (χ0) is 22.9. The first-order valence-corrected chi connectivity index (χ1v) is 14.8. The van der Waals surface area contributed by atoms with Gasteiger partial charge in [-0.15, -0.1) is 0 Å². The normalized spacial score (nSPS) is 13.1. The Morgan fingerprint density at radius 2 is 1.40 bits per heavy atom. The van der Waals surface area contributed by atoms with Crippen LogP contribution in [0.2, 0.25) is 0 Å². The van der Waals surface area contributed by atoms with Crippen LogP contribution in [0.25, 0.3) is 0 Å². The van der Waals surface area contributed by atoms with E-state index in [2.05, 4.69) is 106 Å². The molecular formula is C27H38ClGeN. The van der Waals surface area contributed by atoms with Gasteiger partial charge in [-0.1, -0.05) is 0 Å². The van der Waals surface area contributed by atoms with Crippen LogP contribution in [-0.2, 0) is 10.8 Å². The molecule has 0 heterocycles. The van der Waals surface area contributed by atoms with Crippen LogP contribution in [0.1, 0.15) is 109 Å². The van der Waals surface area contributed by atoms with Crippen LogP contribution in [0, 0.1) is 0 Å². The second kappa shape index (κ2) is 9.61. The number of hydrogen-bond donors (Lipinski definition) is 0. The molecule has 0 saturated heterocycles. The average Bonchev–Trinajstić information content (AvgIpc) is 2.63. The Labute approximate surface area is 195 Å². The summed E-state index contributed by atoms with van der Waals surface area (Å²) in [5.41, 5.74) is 7.77. The number of aliphatic imine (C=N–C) groups is 1. The van der Waals surface area contributed by atoms with E-state index in [1.54, 1.807) is 0 Å². The Morgan fingerprint density at radius 3 is 1.80 bits per heavy atom. The van der Waals surface area contributed by atoms with Crippen LogP contribution in [0.5, 0.6) is 0 Å². The fourth-order valence-electron chi connectivity index (χ4n) is 3.69. The Bertz CT molecular complexity index is 885. The third kappa shape index (κ3) is 5.79. The van der Waals surface area contributed by atoms with E-state index in [0.717, 1.165) is 5.69 Å². The van der Waals surface area contributed by atoms with E-state index in [0.29, 0.717) is 11.8 Å². The van der Waals surface area contributed by atoms with Gasteiger partial charge in [0.15, 0.2) is 0 Å². The van der Waals surface area contributed by atoms with E-state index >= 15 is 0 Å². The van der Waals surface area contributed by atoms with Crippen LogP contribution in [0.4, 0.5) is 5.69 Å². The first kappa shape index (κ1) is 25.2. The maximum absolute atomic E-state index is 6.62. The summed E-state index contributed by atoms with van der Waals surface area (Å²) >= 11 is -0.740. The predicted molar refractivity (Wildman–Crippen MR) is 137 cm³/mol. The molecule has 30 heavy (non-hydrogen) atoms. The predicted octanol–water partition coefficient (Wildman–Crippen LogP) is 7.76. The van der Waals surface area contributed by atoms with Crippen LogP contribution >= 0.6 is 10.0 Å². The molecule has 0 atom stereocenters. The van der Waals surface area contributed by atoms with Gasteiger partial charge in [-0.2, -0.15) is 0 Å². The molecule has 1 nitrogen and oxygen atoms in total. The number of hydrogen-bond acceptors (Lipinski definition) is 1. The topological polar surface area (TPSA) is 12.4 Å². The zero-order valence-corrected chi connectivity index (χ0v) is 23.3. The summed E-state index contributed by atoms with van der Waals surface area (Å²) in [4.78, 5) is 5.11. The fourth-order valence-corrected chi connectivity index (χ4v) is 6.45. The molecule has 2 aromatic rings. The summed E-state index contributed by atoms with van der Waals surface area (Å²) in [7, 11) is 6.62. The molecule has 2 radical (unpaired) electrons. The molecule has 162 valence electrons. The molecular weight excluding hydrogens is 446 g/mol. The van der Waals surface area contributed by atoms with E-state index < -0.39 is 14.5 Å². The van der Waals surface area contributed by atoms with E-state index in [-0.39, 0.29) is 10.8 Å². The van der Waals surface area contributed by atoms with Crippen molar-refractivity contribution in [2.75, 3.05) is 0 Å². The molecule has 0 bridgehead atoms. The summed E-state index contributed by atoms with van der Waals surface area (Å²) in [5, 5.41) is 0. The molecule has 0 N–H and O–H groups in total. The van der Waals surface area contributed by atoms with Crippen molar-refractivity contribution in [1.29, 1.82) is 0 Å². The molecule has 0 aliphatic carbocycles. The van der Waals surface area contributed by atoms with Gasteiger partial charge in [0.1, 0.15) is 0 Å². The second-order valence-electron chi connectivity index (χ2n) is 10.9. The summed E-state index contributed by atoms with van der Waals surface area (Å²) in [5.74, 6) is 0.866. The van der Waals surface area contributed by atoms with Gasteiger partial charge in [-0.25, -0.2) is 0 Å². The number of nitrogens with zero attached hydrogens (tertiary/aromatic N) is 1. The summed E-state index contributed by atoms with van der Waals surface area (Å²) in [6.45, 7) is 22.6. The van der Waals surface area contributed by atoms with Crippen LogP contribution in [0.15, 0.2) is 35.3 Å². The molecule has 0 saturated carbocycles. The molecule has 0 unspecified atom stereocenters. The van der Waals surface area contributed by atoms with Gasteiger partial charge in [-0.05, 0) is 0 Å². The van der Waals surface area contributed by atoms with Crippen molar-refractivity contribution in [3.05, 3.63) is 58.1 Å². The summed E-state index contributed by atoms with van der Waals surface area (Å²) in [6, 6.07) is 11.3. The summed E-state index contributed by atoms with van der Waals surface area (Å²) in [6.07, 6.45) is 2.08. The number of para-hydroxylation sites is 1. The number of rotatable bonds is 5. The average molecular weight is 485 g/mol. The van der Waals surface area contributed by atoms with Crippen molar-refractivity contribution >= 4 is 40.8 Å². The minimum absolute atomic E-state index is 0.0521. The molecule has 2 aromatic carbocycles. The Morgan fingerprint density at radius 1 is 0.867 bits per heavy atom. The van der Waals surface area contributed by atoms with Crippen molar-refractivity contribution in [3.8, 4) is 0 Å². The molecule has 2 rings (SSSR count). The van der Waals surface area contributed by atoms with Crippen LogP contribution in [0.3, 0.4) is 0 Å². The Balaban J connectivity index is 2.76. The third-order valence-electron chi connectivity index (χ3n) is 5.61.